The number of rotatable bonds is 2. The number of nitrogens with zero attached hydrogens (tertiary/aromatic N) is 2. The molecule has 1 aliphatic heterocycles. The largest absolute Gasteiger partial charge is 0.493 e. The van der Waals surface area contributed by atoms with Gasteiger partial charge in [0.05, 0.1) is 7.11 Å². The van der Waals surface area contributed by atoms with Crippen LogP contribution in [0.2, 0.25) is 5.02 Å². The first-order valence-corrected chi connectivity index (χ1v) is 6.68. The summed E-state index contributed by atoms with van der Waals surface area (Å²) >= 11 is 6.04. The Labute approximate surface area is 116 Å². The van der Waals surface area contributed by atoms with Crippen molar-refractivity contribution < 1.29 is 9.15 Å². The number of benzene rings is 1. The molecule has 6 heteroatoms. The lowest BCUT2D eigenvalue weighted by molar-refractivity contribution is 0.406. The molecule has 0 saturated carbocycles. The molecule has 2 heterocycles. The van der Waals surface area contributed by atoms with Crippen LogP contribution < -0.4 is 15.0 Å². The highest BCUT2D eigenvalue weighted by atomic mass is 35.5. The van der Waals surface area contributed by atoms with E-state index >= 15 is 0 Å². The lowest BCUT2D eigenvalue weighted by atomic mass is 10.2. The molecular formula is C13H16ClN3O2. The highest BCUT2D eigenvalue weighted by Crippen LogP contribution is 2.33. The van der Waals surface area contributed by atoms with Crippen molar-refractivity contribution in [2.75, 3.05) is 31.6 Å². The SMILES string of the molecule is COc1cc(Cl)cc2nc(N3CCNCC3C)oc12. The van der Waals surface area contributed by atoms with E-state index in [1.165, 1.54) is 0 Å². The maximum Gasteiger partial charge on any atom is 0.298 e. The molecule has 3 rings (SSSR count). The number of aromatic nitrogens is 1. The van der Waals surface area contributed by atoms with Crippen molar-refractivity contribution in [3.63, 3.8) is 0 Å². The van der Waals surface area contributed by atoms with Crippen molar-refractivity contribution in [2.45, 2.75) is 13.0 Å². The maximum absolute atomic E-state index is 6.04. The molecule has 102 valence electrons. The van der Waals surface area contributed by atoms with Gasteiger partial charge in [0.25, 0.3) is 6.01 Å². The van der Waals surface area contributed by atoms with Crippen LogP contribution >= 0.6 is 11.6 Å². The smallest absolute Gasteiger partial charge is 0.298 e. The van der Waals surface area contributed by atoms with E-state index in [0.717, 1.165) is 25.2 Å². The Bertz CT molecular complexity index is 599. The Balaban J connectivity index is 2.05. The van der Waals surface area contributed by atoms with Crippen molar-refractivity contribution in [1.29, 1.82) is 0 Å². The molecule has 0 bridgehead atoms. The van der Waals surface area contributed by atoms with Gasteiger partial charge in [0, 0.05) is 36.8 Å². The molecule has 1 fully saturated rings. The second-order valence-corrected chi connectivity index (χ2v) is 5.14. The van der Waals surface area contributed by atoms with Gasteiger partial charge in [-0.15, -0.1) is 0 Å². The summed E-state index contributed by atoms with van der Waals surface area (Å²) in [6.45, 7) is 4.88. The van der Waals surface area contributed by atoms with Crippen LogP contribution in [0.1, 0.15) is 6.92 Å². The summed E-state index contributed by atoms with van der Waals surface area (Å²) in [6.07, 6.45) is 0. The molecule has 1 atom stereocenters. The highest BCUT2D eigenvalue weighted by Gasteiger charge is 2.23. The molecule has 1 unspecified atom stereocenters. The molecule has 1 N–H and O–H groups in total. The Kier molecular flexibility index (Phi) is 3.24. The predicted octanol–water partition coefficient (Wildman–Crippen LogP) is 2.29. The minimum atomic E-state index is 0.350. The van der Waals surface area contributed by atoms with Gasteiger partial charge in [-0.05, 0) is 13.0 Å². The van der Waals surface area contributed by atoms with Crippen LogP contribution in [0.5, 0.6) is 5.75 Å². The van der Waals surface area contributed by atoms with Crippen LogP contribution in [0.4, 0.5) is 6.01 Å². The number of nitrogens with one attached hydrogen (secondary N) is 1. The molecule has 0 amide bonds. The van der Waals surface area contributed by atoms with E-state index in [2.05, 4.69) is 22.1 Å². The molecule has 1 aliphatic rings. The minimum Gasteiger partial charge on any atom is -0.493 e. The quantitative estimate of drug-likeness (QED) is 0.915. The van der Waals surface area contributed by atoms with Gasteiger partial charge in [0.15, 0.2) is 11.3 Å². The van der Waals surface area contributed by atoms with E-state index in [4.69, 9.17) is 20.8 Å². The average Bonchev–Trinajstić information content (AvgIpc) is 2.81. The zero-order chi connectivity index (χ0) is 13.4. The molecule has 1 aromatic carbocycles. The van der Waals surface area contributed by atoms with Crippen molar-refractivity contribution in [3.05, 3.63) is 17.2 Å². The molecule has 5 nitrogen and oxygen atoms in total. The molecule has 0 aliphatic carbocycles. The summed E-state index contributed by atoms with van der Waals surface area (Å²) in [5, 5.41) is 3.94. The Morgan fingerprint density at radius 3 is 3.11 bits per heavy atom. The van der Waals surface area contributed by atoms with Gasteiger partial charge in [0.1, 0.15) is 5.52 Å². The fourth-order valence-electron chi connectivity index (χ4n) is 2.36. The van der Waals surface area contributed by atoms with E-state index in [1.807, 2.05) is 0 Å². The van der Waals surface area contributed by atoms with Gasteiger partial charge in [-0.1, -0.05) is 11.6 Å². The Morgan fingerprint density at radius 1 is 1.53 bits per heavy atom. The van der Waals surface area contributed by atoms with Crippen LogP contribution in [0.25, 0.3) is 11.1 Å². The number of piperazine rings is 1. The Morgan fingerprint density at radius 2 is 2.37 bits per heavy atom. The summed E-state index contributed by atoms with van der Waals surface area (Å²) in [4.78, 5) is 6.68. The summed E-state index contributed by atoms with van der Waals surface area (Å²) in [6, 6.07) is 4.51. The van der Waals surface area contributed by atoms with Gasteiger partial charge in [-0.3, -0.25) is 0 Å². The first kappa shape index (κ1) is 12.6. The van der Waals surface area contributed by atoms with Gasteiger partial charge in [-0.2, -0.15) is 4.98 Å². The number of anilines is 1. The summed E-state index contributed by atoms with van der Waals surface area (Å²) in [5.41, 5.74) is 1.37. The number of methoxy groups -OCH3 is 1. The van der Waals surface area contributed by atoms with Crippen molar-refractivity contribution in [1.82, 2.24) is 10.3 Å². The standard InChI is InChI=1S/C13H16ClN3O2/c1-8-7-15-3-4-17(8)13-16-10-5-9(14)6-11(18-2)12(10)19-13/h5-6,8,15H,3-4,7H2,1-2H3. The molecule has 0 spiro atoms. The van der Waals surface area contributed by atoms with Crippen molar-refractivity contribution in [3.8, 4) is 5.75 Å². The van der Waals surface area contributed by atoms with Gasteiger partial charge in [-0.25, -0.2) is 0 Å². The second kappa shape index (κ2) is 4.90. The third-order valence-corrected chi connectivity index (χ3v) is 3.59. The number of oxazole rings is 1. The predicted molar refractivity (Wildman–Crippen MR) is 75.2 cm³/mol. The normalized spacial score (nSPS) is 19.9. The first-order chi connectivity index (χ1) is 9.19. The van der Waals surface area contributed by atoms with E-state index < -0.39 is 0 Å². The van der Waals surface area contributed by atoms with E-state index in [1.54, 1.807) is 19.2 Å². The van der Waals surface area contributed by atoms with Gasteiger partial charge >= 0.3 is 0 Å². The summed E-state index contributed by atoms with van der Waals surface area (Å²) in [5.74, 6) is 0.615. The van der Waals surface area contributed by atoms with Crippen LogP contribution in [-0.2, 0) is 0 Å². The van der Waals surface area contributed by atoms with E-state index in [0.29, 0.717) is 28.4 Å². The highest BCUT2D eigenvalue weighted by molar-refractivity contribution is 6.31. The molecule has 0 radical (unpaired) electrons. The number of fused-ring (bicyclic) bond motifs is 1. The van der Waals surface area contributed by atoms with Crippen LogP contribution in [0.15, 0.2) is 16.5 Å². The maximum atomic E-state index is 6.04. The Hall–Kier alpha value is -1.46. The second-order valence-electron chi connectivity index (χ2n) is 4.70. The van der Waals surface area contributed by atoms with Gasteiger partial charge < -0.3 is 19.4 Å². The fraction of sp³-hybridized carbons (Fsp3) is 0.462. The van der Waals surface area contributed by atoms with Crippen molar-refractivity contribution >= 4 is 28.7 Å². The topological polar surface area (TPSA) is 50.5 Å². The average molecular weight is 282 g/mol. The lowest BCUT2D eigenvalue weighted by Crippen LogP contribution is -2.50. The van der Waals surface area contributed by atoms with Crippen molar-refractivity contribution in [2.24, 2.45) is 0 Å². The zero-order valence-corrected chi connectivity index (χ0v) is 11.7. The minimum absolute atomic E-state index is 0.350. The third kappa shape index (κ3) is 2.24. The number of hydrogen-bond acceptors (Lipinski definition) is 5. The monoisotopic (exact) mass is 281 g/mol. The number of ether oxygens (including phenoxy) is 1. The molecule has 2 aromatic rings. The van der Waals surface area contributed by atoms with Crippen LogP contribution in [0, 0.1) is 0 Å². The molecule has 1 aromatic heterocycles. The van der Waals surface area contributed by atoms with Crippen LogP contribution in [-0.4, -0.2) is 37.8 Å². The summed E-state index contributed by atoms with van der Waals surface area (Å²) in [7, 11) is 1.60. The number of halogens is 1. The van der Waals surface area contributed by atoms with E-state index in [-0.39, 0.29) is 0 Å². The molecule has 19 heavy (non-hydrogen) atoms. The number of hydrogen-bond donors (Lipinski definition) is 1. The molecular weight excluding hydrogens is 266 g/mol. The first-order valence-electron chi connectivity index (χ1n) is 6.30. The van der Waals surface area contributed by atoms with Gasteiger partial charge in [0.2, 0.25) is 0 Å². The fourth-order valence-corrected chi connectivity index (χ4v) is 2.56. The molecule has 1 saturated heterocycles. The zero-order valence-electron chi connectivity index (χ0n) is 10.9. The third-order valence-electron chi connectivity index (χ3n) is 3.38. The van der Waals surface area contributed by atoms with Crippen LogP contribution in [0.3, 0.4) is 0 Å². The van der Waals surface area contributed by atoms with E-state index in [9.17, 15) is 0 Å². The lowest BCUT2D eigenvalue weighted by Gasteiger charge is -2.32. The summed E-state index contributed by atoms with van der Waals surface area (Å²) < 4.78 is 11.1.